The van der Waals surface area contributed by atoms with Gasteiger partial charge in [0.2, 0.25) is 0 Å². The Labute approximate surface area is 285 Å². The molecule has 49 heavy (non-hydrogen) atoms. The highest BCUT2D eigenvalue weighted by molar-refractivity contribution is 7.18. The Hall–Kier alpha value is -4.48. The van der Waals surface area contributed by atoms with Crippen LogP contribution in [0.25, 0.3) is 21.1 Å². The van der Waals surface area contributed by atoms with Crippen LogP contribution in [0.2, 0.25) is 0 Å². The fraction of sp³-hybridized carbons (Fsp3) is 0.457. The lowest BCUT2D eigenvalue weighted by Crippen LogP contribution is -2.60. The van der Waals surface area contributed by atoms with Gasteiger partial charge in [-0.15, -0.1) is 11.3 Å². The Kier molecular flexibility index (Phi) is 8.18. The number of thiophene rings is 1. The Morgan fingerprint density at radius 1 is 1.08 bits per heavy atom. The molecule has 0 bridgehead atoms. The number of alkyl halides is 3. The Bertz CT molecular complexity index is 2090. The third-order valence-electron chi connectivity index (χ3n) is 9.54. The zero-order valence-corrected chi connectivity index (χ0v) is 28.7. The number of carbonyl (C=O) groups excluding carboxylic acids is 1. The van der Waals surface area contributed by atoms with Crippen LogP contribution in [0.4, 0.5) is 23.8 Å². The minimum absolute atomic E-state index is 0.174. The topological polar surface area (TPSA) is 105 Å². The number of fused-ring (bicyclic) bond motifs is 2. The van der Waals surface area contributed by atoms with E-state index in [-0.39, 0.29) is 10.3 Å². The lowest BCUT2D eigenvalue weighted by molar-refractivity contribution is -0.126. The van der Waals surface area contributed by atoms with Gasteiger partial charge in [0.05, 0.1) is 24.5 Å². The molecule has 4 aromatic heterocycles. The second kappa shape index (κ2) is 12.1. The molecule has 1 spiro atoms. The molecule has 10 nitrogen and oxygen atoms in total. The summed E-state index contributed by atoms with van der Waals surface area (Å²) in [7, 11) is 0. The lowest BCUT2D eigenvalue weighted by atomic mass is 9.72. The molecule has 2 fully saturated rings. The number of piperidine rings is 1. The van der Waals surface area contributed by atoms with Crippen LogP contribution in [0.3, 0.4) is 0 Å². The van der Waals surface area contributed by atoms with E-state index in [1.807, 2.05) is 10.6 Å². The van der Waals surface area contributed by atoms with Crippen LogP contribution in [-0.2, 0) is 24.2 Å². The maximum atomic E-state index is 13.0. The second-order valence-corrected chi connectivity index (χ2v) is 15.5. The summed E-state index contributed by atoms with van der Waals surface area (Å²) in [5, 5.41) is 15.9. The molecule has 256 valence electrons. The molecule has 2 aliphatic heterocycles. The quantitative estimate of drug-likeness (QED) is 0.187. The van der Waals surface area contributed by atoms with E-state index in [4.69, 9.17) is 4.74 Å². The largest absolute Gasteiger partial charge is 0.442 e. The zero-order valence-electron chi connectivity index (χ0n) is 27.8. The van der Waals surface area contributed by atoms with Gasteiger partial charge < -0.3 is 14.2 Å². The van der Waals surface area contributed by atoms with Crippen molar-refractivity contribution >= 4 is 44.4 Å². The van der Waals surface area contributed by atoms with Crippen molar-refractivity contribution in [2.75, 3.05) is 31.1 Å². The number of hydrogen-bond acceptors (Lipinski definition) is 9. The van der Waals surface area contributed by atoms with Crippen LogP contribution >= 0.6 is 11.3 Å². The molecule has 0 aliphatic carbocycles. The van der Waals surface area contributed by atoms with Gasteiger partial charge in [-0.05, 0) is 83.0 Å². The summed E-state index contributed by atoms with van der Waals surface area (Å²) < 4.78 is 47.5. The van der Waals surface area contributed by atoms with Crippen LogP contribution in [0.1, 0.15) is 60.9 Å². The lowest BCUT2D eigenvalue weighted by Gasteiger charge is -2.54. The minimum atomic E-state index is -4.25. The van der Waals surface area contributed by atoms with Crippen LogP contribution in [-0.4, -0.2) is 73.3 Å². The molecule has 7 rings (SSSR count). The van der Waals surface area contributed by atoms with E-state index in [2.05, 4.69) is 50.0 Å². The predicted octanol–water partition coefficient (Wildman–Crippen LogP) is 7.06. The van der Waals surface area contributed by atoms with Gasteiger partial charge in [-0.1, -0.05) is 6.07 Å². The molecule has 1 aromatic carbocycles. The van der Waals surface area contributed by atoms with E-state index in [0.717, 1.165) is 84.7 Å². The number of likely N-dealkylation sites (tertiary alicyclic amines) is 1. The monoisotopic (exact) mass is 690 g/mol. The Morgan fingerprint density at radius 3 is 2.53 bits per heavy atom. The number of halogens is 3. The molecule has 0 atom stereocenters. The van der Waals surface area contributed by atoms with Crippen LogP contribution in [0, 0.1) is 23.7 Å². The third-order valence-corrected chi connectivity index (χ3v) is 10.6. The number of hydrogen-bond donors (Lipinski definition) is 0. The highest BCUT2D eigenvalue weighted by Crippen LogP contribution is 2.45. The molecule has 14 heteroatoms. The highest BCUT2D eigenvalue weighted by Gasteiger charge is 2.46. The number of ether oxygens (including phenoxy) is 1. The van der Waals surface area contributed by atoms with Crippen molar-refractivity contribution in [3.8, 4) is 6.07 Å². The smallest absolute Gasteiger partial charge is 0.435 e. The summed E-state index contributed by atoms with van der Waals surface area (Å²) in [6.45, 7) is 12.3. The van der Waals surface area contributed by atoms with Crippen LogP contribution < -0.4 is 4.90 Å². The summed E-state index contributed by atoms with van der Waals surface area (Å²) >= 11 is 1.09. The molecule has 0 unspecified atom stereocenters. The van der Waals surface area contributed by atoms with Crippen molar-refractivity contribution in [3.05, 3.63) is 70.2 Å². The number of carbonyl (C=O) groups is 1. The third kappa shape index (κ3) is 6.74. The van der Waals surface area contributed by atoms with Gasteiger partial charge in [-0.2, -0.15) is 28.2 Å². The van der Waals surface area contributed by atoms with Crippen molar-refractivity contribution in [1.82, 2.24) is 29.2 Å². The highest BCUT2D eigenvalue weighted by atomic mass is 32.1. The number of anilines is 1. The number of benzene rings is 1. The summed E-state index contributed by atoms with van der Waals surface area (Å²) in [6, 6.07) is 10.1. The molecule has 0 N–H and O–H groups in total. The van der Waals surface area contributed by atoms with E-state index in [0.29, 0.717) is 22.5 Å². The van der Waals surface area contributed by atoms with Crippen molar-refractivity contribution in [3.63, 3.8) is 0 Å². The molecular weight excluding hydrogens is 654 g/mol. The van der Waals surface area contributed by atoms with Gasteiger partial charge in [-0.25, -0.2) is 14.8 Å². The van der Waals surface area contributed by atoms with Crippen molar-refractivity contribution in [2.45, 2.75) is 71.8 Å². The van der Waals surface area contributed by atoms with E-state index in [9.17, 15) is 23.2 Å². The molecule has 0 amide bonds. The zero-order chi connectivity index (χ0) is 34.7. The Balaban J connectivity index is 0.995. The maximum absolute atomic E-state index is 13.0. The first-order valence-electron chi connectivity index (χ1n) is 16.3. The number of aryl methyl sites for hydroxylation is 1. The molecule has 6 heterocycles. The van der Waals surface area contributed by atoms with Gasteiger partial charge in [0, 0.05) is 52.6 Å². The fourth-order valence-electron chi connectivity index (χ4n) is 7.07. The summed E-state index contributed by atoms with van der Waals surface area (Å²) in [4.78, 5) is 26.6. The molecule has 5 aromatic rings. The van der Waals surface area contributed by atoms with Crippen LogP contribution in [0.5, 0.6) is 0 Å². The normalized spacial score (nSPS) is 16.7. The first kappa shape index (κ1) is 33.0. The van der Waals surface area contributed by atoms with Crippen molar-refractivity contribution in [1.29, 1.82) is 5.26 Å². The number of nitrogens with zero attached hydrogens (tertiary/aromatic N) is 8. The minimum Gasteiger partial charge on any atom is -0.442 e. The predicted molar refractivity (Wildman–Crippen MR) is 181 cm³/mol. The number of rotatable bonds is 6. The molecule has 0 saturated carbocycles. The molecule has 0 radical (unpaired) electrons. The average Bonchev–Trinajstić information content (AvgIpc) is 3.73. The van der Waals surface area contributed by atoms with Crippen molar-refractivity contribution in [2.24, 2.45) is 5.41 Å². The van der Waals surface area contributed by atoms with Gasteiger partial charge >= 0.3 is 12.3 Å². The molecular formula is C35H37F3N8O2S. The van der Waals surface area contributed by atoms with Gasteiger partial charge in [0.15, 0.2) is 0 Å². The SMILES string of the molecule is Cc1c(CN2CCC3(CC2)CN(c2ncnc4sc(CC(F)(F)F)cc24)C3)ccc2c1cc(C#N)n2Cc1cnn(C(=O)OC(C)(C)C)c1. The fourth-order valence-corrected chi connectivity index (χ4v) is 8.09. The first-order chi connectivity index (χ1) is 23.2. The molecule has 2 aliphatic rings. The average molecular weight is 691 g/mol. The number of nitriles is 1. The second-order valence-electron chi connectivity index (χ2n) is 14.3. The van der Waals surface area contributed by atoms with Gasteiger partial charge in [-0.3, -0.25) is 4.90 Å². The summed E-state index contributed by atoms with van der Waals surface area (Å²) in [5.41, 5.74) is 4.16. The molecule has 2 saturated heterocycles. The van der Waals surface area contributed by atoms with E-state index in [1.165, 1.54) is 16.6 Å². The Morgan fingerprint density at radius 2 is 1.84 bits per heavy atom. The standard InChI is InChI=1S/C35H37F3N8O2S/c1-22-24(5-6-29-27(22)11-25(14-39)45(29)16-23-15-42-46(17-23)32(47)48-33(2,3)4)18-43-9-7-34(8-10-43)19-44(20-34)30-28-12-26(13-35(36,37)38)49-31(28)41-21-40-30/h5-6,11-12,15,17,21H,7-10,13,16,18-20H2,1-4H3. The summed E-state index contributed by atoms with van der Waals surface area (Å²) in [6.07, 6.45) is 1.02. The summed E-state index contributed by atoms with van der Waals surface area (Å²) in [5.74, 6) is 0.729. The van der Waals surface area contributed by atoms with Crippen LogP contribution in [0.15, 0.2) is 43.0 Å². The van der Waals surface area contributed by atoms with E-state index < -0.39 is 24.3 Å². The maximum Gasteiger partial charge on any atom is 0.435 e. The van der Waals surface area contributed by atoms with E-state index >= 15 is 0 Å². The number of aromatic nitrogens is 5. The van der Waals surface area contributed by atoms with Gasteiger partial charge in [0.1, 0.15) is 34.3 Å². The first-order valence-corrected chi connectivity index (χ1v) is 17.1. The van der Waals surface area contributed by atoms with Crippen molar-refractivity contribution < 1.29 is 22.7 Å². The van der Waals surface area contributed by atoms with Gasteiger partial charge in [0.25, 0.3) is 0 Å². The van der Waals surface area contributed by atoms with E-state index in [1.54, 1.807) is 39.2 Å².